The molecule has 1 fully saturated rings. The Morgan fingerprint density at radius 1 is 1.24 bits per heavy atom. The van der Waals surface area contributed by atoms with Gasteiger partial charge in [0.1, 0.15) is 11.6 Å². The first-order chi connectivity index (χ1) is 12.2. The number of nitro benzene ring substituents is 1. The van der Waals surface area contributed by atoms with E-state index in [1.165, 1.54) is 12.1 Å². The number of nitrogens with zero attached hydrogens (tertiary/aromatic N) is 3. The molecule has 0 radical (unpaired) electrons. The predicted octanol–water partition coefficient (Wildman–Crippen LogP) is 2.92. The minimum Gasteiger partial charge on any atom is -0.381 e. The lowest BCUT2D eigenvalue weighted by Gasteiger charge is -2.30. The fourth-order valence-electron chi connectivity index (χ4n) is 2.87. The van der Waals surface area contributed by atoms with Gasteiger partial charge in [-0.3, -0.25) is 10.1 Å². The van der Waals surface area contributed by atoms with Crippen LogP contribution in [-0.2, 0) is 11.3 Å². The smallest absolute Gasteiger partial charge is 0.287 e. The highest BCUT2D eigenvalue weighted by molar-refractivity contribution is 5.60. The predicted molar refractivity (Wildman–Crippen MR) is 94.6 cm³/mol. The van der Waals surface area contributed by atoms with Crippen LogP contribution in [0, 0.1) is 21.4 Å². The molecule has 1 heterocycles. The van der Waals surface area contributed by atoms with Gasteiger partial charge in [-0.25, -0.2) is 0 Å². The number of nitriles is 1. The van der Waals surface area contributed by atoms with E-state index in [9.17, 15) is 10.1 Å². The molecule has 1 aliphatic heterocycles. The van der Waals surface area contributed by atoms with Gasteiger partial charge in [0.15, 0.2) is 0 Å². The van der Waals surface area contributed by atoms with Crippen LogP contribution in [-0.4, -0.2) is 31.2 Å². The zero-order chi connectivity index (χ0) is 17.6. The molecule has 1 saturated heterocycles. The molecule has 0 spiro atoms. The average molecular weight is 338 g/mol. The molecule has 0 atom stereocenters. The third kappa shape index (κ3) is 3.87. The van der Waals surface area contributed by atoms with Crippen molar-refractivity contribution in [3.63, 3.8) is 0 Å². The van der Waals surface area contributed by atoms with E-state index in [4.69, 9.17) is 10.00 Å². The highest BCUT2D eigenvalue weighted by Gasteiger charge is 2.16. The van der Waals surface area contributed by atoms with Crippen molar-refractivity contribution in [1.82, 2.24) is 0 Å². The van der Waals surface area contributed by atoms with Gasteiger partial charge >= 0.3 is 0 Å². The summed E-state index contributed by atoms with van der Waals surface area (Å²) in [5.74, 6) is 0. The fraction of sp³-hybridized carbons (Fsp3) is 0.278. The van der Waals surface area contributed by atoms with Crippen molar-refractivity contribution in [1.29, 1.82) is 5.26 Å². The van der Waals surface area contributed by atoms with Crippen LogP contribution < -0.4 is 10.2 Å². The second-order valence-electron chi connectivity index (χ2n) is 5.68. The third-order valence-electron chi connectivity index (χ3n) is 4.14. The van der Waals surface area contributed by atoms with Crippen LogP contribution in [0.3, 0.4) is 0 Å². The van der Waals surface area contributed by atoms with E-state index in [-0.39, 0.29) is 11.3 Å². The first-order valence-corrected chi connectivity index (χ1v) is 8.02. The first kappa shape index (κ1) is 16.7. The molecule has 25 heavy (non-hydrogen) atoms. The number of morpholine rings is 1. The van der Waals surface area contributed by atoms with Gasteiger partial charge < -0.3 is 15.0 Å². The van der Waals surface area contributed by atoms with Gasteiger partial charge in [0.05, 0.1) is 18.1 Å². The lowest BCUT2D eigenvalue weighted by atomic mass is 10.1. The van der Waals surface area contributed by atoms with E-state index in [1.54, 1.807) is 6.07 Å². The molecule has 0 bridgehead atoms. The maximum atomic E-state index is 10.9. The van der Waals surface area contributed by atoms with E-state index >= 15 is 0 Å². The van der Waals surface area contributed by atoms with E-state index in [0.717, 1.165) is 37.6 Å². The second kappa shape index (κ2) is 7.64. The number of hydrogen-bond acceptors (Lipinski definition) is 6. The van der Waals surface area contributed by atoms with E-state index in [1.807, 2.05) is 24.3 Å². The number of nitro groups is 1. The summed E-state index contributed by atoms with van der Waals surface area (Å²) in [4.78, 5) is 12.7. The molecular formula is C18H18N4O3. The molecule has 0 aliphatic carbocycles. The summed E-state index contributed by atoms with van der Waals surface area (Å²) in [5, 5.41) is 23.2. The normalized spacial score (nSPS) is 14.0. The van der Waals surface area contributed by atoms with Crippen molar-refractivity contribution >= 4 is 17.1 Å². The topological polar surface area (TPSA) is 91.4 Å². The number of para-hydroxylation sites is 1. The molecule has 0 aromatic heterocycles. The SMILES string of the molecule is N#Cc1cc(NCc2ccccc2N2CCOCC2)ccc1[N+](=O)[O-]. The van der Waals surface area contributed by atoms with Crippen LogP contribution in [0.15, 0.2) is 42.5 Å². The van der Waals surface area contributed by atoms with Crippen molar-refractivity contribution in [2.45, 2.75) is 6.54 Å². The Labute approximate surface area is 145 Å². The molecule has 2 aromatic carbocycles. The zero-order valence-electron chi connectivity index (χ0n) is 13.6. The van der Waals surface area contributed by atoms with E-state index in [2.05, 4.69) is 16.3 Å². The summed E-state index contributed by atoms with van der Waals surface area (Å²) in [5.41, 5.74) is 2.83. The van der Waals surface area contributed by atoms with Gasteiger partial charge in [0.2, 0.25) is 0 Å². The quantitative estimate of drug-likeness (QED) is 0.666. The van der Waals surface area contributed by atoms with Gasteiger partial charge in [-0.2, -0.15) is 5.26 Å². The van der Waals surface area contributed by atoms with Crippen LogP contribution in [0.5, 0.6) is 0 Å². The molecule has 0 amide bonds. The van der Waals surface area contributed by atoms with Crippen molar-refractivity contribution in [3.8, 4) is 6.07 Å². The number of nitrogens with one attached hydrogen (secondary N) is 1. The fourth-order valence-corrected chi connectivity index (χ4v) is 2.87. The summed E-state index contributed by atoms with van der Waals surface area (Å²) in [6.45, 7) is 3.71. The lowest BCUT2D eigenvalue weighted by molar-refractivity contribution is -0.385. The van der Waals surface area contributed by atoms with E-state index in [0.29, 0.717) is 12.2 Å². The summed E-state index contributed by atoms with van der Waals surface area (Å²) >= 11 is 0. The summed E-state index contributed by atoms with van der Waals surface area (Å²) < 4.78 is 5.40. The number of hydrogen-bond donors (Lipinski definition) is 1. The van der Waals surface area contributed by atoms with Gasteiger partial charge in [-0.1, -0.05) is 18.2 Å². The highest BCUT2D eigenvalue weighted by atomic mass is 16.6. The first-order valence-electron chi connectivity index (χ1n) is 8.02. The van der Waals surface area contributed by atoms with Crippen LogP contribution in [0.1, 0.15) is 11.1 Å². The molecule has 128 valence electrons. The molecule has 1 aliphatic rings. The van der Waals surface area contributed by atoms with Crippen LogP contribution in [0.4, 0.5) is 17.1 Å². The second-order valence-corrected chi connectivity index (χ2v) is 5.68. The number of anilines is 2. The highest BCUT2D eigenvalue weighted by Crippen LogP contribution is 2.25. The summed E-state index contributed by atoms with van der Waals surface area (Å²) in [6, 6.07) is 14.5. The van der Waals surface area contributed by atoms with Crippen LogP contribution in [0.2, 0.25) is 0 Å². The zero-order valence-corrected chi connectivity index (χ0v) is 13.6. The van der Waals surface area contributed by atoms with Gasteiger partial charge in [-0.05, 0) is 23.8 Å². The largest absolute Gasteiger partial charge is 0.381 e. The molecule has 2 aromatic rings. The minimum atomic E-state index is -0.546. The summed E-state index contributed by atoms with van der Waals surface area (Å²) in [7, 11) is 0. The molecule has 7 nitrogen and oxygen atoms in total. The molecule has 0 saturated carbocycles. The average Bonchev–Trinajstić information content (AvgIpc) is 2.67. The minimum absolute atomic E-state index is 0.0523. The van der Waals surface area contributed by atoms with E-state index < -0.39 is 4.92 Å². The van der Waals surface area contributed by atoms with Crippen molar-refractivity contribution in [2.75, 3.05) is 36.5 Å². The van der Waals surface area contributed by atoms with Crippen molar-refractivity contribution < 1.29 is 9.66 Å². The Kier molecular flexibility index (Phi) is 5.11. The number of ether oxygens (including phenoxy) is 1. The Hall–Kier alpha value is -3.11. The molecule has 7 heteroatoms. The van der Waals surface area contributed by atoms with Gasteiger partial charge in [0, 0.05) is 37.1 Å². The Morgan fingerprint density at radius 3 is 2.72 bits per heavy atom. The van der Waals surface area contributed by atoms with Crippen LogP contribution >= 0.6 is 0 Å². The maximum Gasteiger partial charge on any atom is 0.287 e. The Balaban J connectivity index is 1.76. The number of benzene rings is 2. The maximum absolute atomic E-state index is 10.9. The lowest BCUT2D eigenvalue weighted by Crippen LogP contribution is -2.36. The van der Waals surface area contributed by atoms with Gasteiger partial charge in [-0.15, -0.1) is 0 Å². The molecule has 0 unspecified atom stereocenters. The van der Waals surface area contributed by atoms with Crippen molar-refractivity contribution in [2.24, 2.45) is 0 Å². The Bertz CT molecular complexity index is 810. The summed E-state index contributed by atoms with van der Waals surface area (Å²) in [6.07, 6.45) is 0. The molecule has 3 rings (SSSR count). The number of rotatable bonds is 5. The Morgan fingerprint density at radius 2 is 2.00 bits per heavy atom. The molecule has 1 N–H and O–H groups in total. The third-order valence-corrected chi connectivity index (χ3v) is 4.14. The van der Waals surface area contributed by atoms with Crippen LogP contribution in [0.25, 0.3) is 0 Å². The molecular weight excluding hydrogens is 320 g/mol. The van der Waals surface area contributed by atoms with Crippen molar-refractivity contribution in [3.05, 3.63) is 63.7 Å². The monoisotopic (exact) mass is 338 g/mol. The standard InChI is InChI=1S/C18H18N4O3/c19-12-15-11-16(5-6-18(15)22(23)24)20-13-14-3-1-2-4-17(14)21-7-9-25-10-8-21/h1-6,11,20H,7-10,13H2. The van der Waals surface area contributed by atoms with Gasteiger partial charge in [0.25, 0.3) is 5.69 Å².